The maximum atomic E-state index is 4.26. The van der Waals surface area contributed by atoms with Crippen molar-refractivity contribution in [1.82, 2.24) is 14.8 Å². The molecule has 1 aromatic heterocycles. The number of rotatable bonds is 3. The smallest absolute Gasteiger partial charge is 0.228 e. The Labute approximate surface area is 78.0 Å². The zero-order valence-electron chi connectivity index (χ0n) is 8.23. The molecule has 0 spiro atoms. The van der Waals surface area contributed by atoms with Crippen LogP contribution in [0.2, 0.25) is 0 Å². The van der Waals surface area contributed by atoms with Gasteiger partial charge in [0.15, 0.2) is 5.82 Å². The van der Waals surface area contributed by atoms with Crippen LogP contribution in [-0.4, -0.2) is 21.5 Å². The molecule has 13 heavy (non-hydrogen) atoms. The van der Waals surface area contributed by atoms with E-state index in [1.165, 1.54) is 0 Å². The maximum absolute atomic E-state index is 4.26. The van der Waals surface area contributed by atoms with E-state index in [0.29, 0.717) is 11.9 Å². The minimum Gasteiger partial charge on any atom is -0.228 e. The number of aromatic nitrogens is 3. The van der Waals surface area contributed by atoms with Crippen LogP contribution in [0.25, 0.3) is 6.20 Å². The van der Waals surface area contributed by atoms with Crippen LogP contribution in [0.5, 0.6) is 0 Å². The second-order valence-corrected chi connectivity index (χ2v) is 3.01. The van der Waals surface area contributed by atoms with E-state index < -0.39 is 0 Å². The van der Waals surface area contributed by atoms with E-state index in [1.807, 2.05) is 33.0 Å². The molecule has 0 atom stereocenters. The van der Waals surface area contributed by atoms with Gasteiger partial charge in [-0.05, 0) is 13.6 Å². The first-order valence-electron chi connectivity index (χ1n) is 4.25. The third kappa shape index (κ3) is 2.02. The van der Waals surface area contributed by atoms with Crippen LogP contribution < -0.4 is 0 Å². The summed E-state index contributed by atoms with van der Waals surface area (Å²) >= 11 is 0. The Hall–Kier alpha value is -1.45. The largest absolute Gasteiger partial charge is 0.251 e. The van der Waals surface area contributed by atoms with E-state index in [0.717, 1.165) is 5.82 Å². The van der Waals surface area contributed by atoms with Crippen LogP contribution in [0.3, 0.4) is 0 Å². The highest BCUT2D eigenvalue weighted by molar-refractivity contribution is 5.39. The van der Waals surface area contributed by atoms with Gasteiger partial charge in [0.2, 0.25) is 0 Å². The van der Waals surface area contributed by atoms with Gasteiger partial charge in [-0.15, -0.1) is 5.10 Å². The Balaban J connectivity index is 3.11. The van der Waals surface area contributed by atoms with Crippen molar-refractivity contribution >= 4 is 18.9 Å². The van der Waals surface area contributed by atoms with Crippen LogP contribution in [0.15, 0.2) is 11.1 Å². The fourth-order valence-electron chi connectivity index (χ4n) is 0.925. The second-order valence-electron chi connectivity index (χ2n) is 3.01. The minimum absolute atomic E-state index is 0.312. The highest BCUT2D eigenvalue weighted by Crippen LogP contribution is 2.15. The summed E-state index contributed by atoms with van der Waals surface area (Å²) in [5, 5.41) is 4.26. The summed E-state index contributed by atoms with van der Waals surface area (Å²) in [6, 6.07) is 0. The summed E-state index contributed by atoms with van der Waals surface area (Å²) in [6.07, 6.45) is 3.69. The van der Waals surface area contributed by atoms with Crippen LogP contribution in [0, 0.1) is 0 Å². The van der Waals surface area contributed by atoms with Gasteiger partial charge in [0.05, 0.1) is 0 Å². The van der Waals surface area contributed by atoms with E-state index in [2.05, 4.69) is 21.8 Å². The second kappa shape index (κ2) is 3.98. The lowest BCUT2D eigenvalue weighted by molar-refractivity contribution is 0.764. The molecule has 1 heterocycles. The minimum atomic E-state index is 0.312. The van der Waals surface area contributed by atoms with Gasteiger partial charge < -0.3 is 0 Å². The number of hydrogen-bond acceptors (Lipinski definition) is 3. The number of aliphatic imine (C=N–C) groups is 1. The molecule has 0 aliphatic rings. The summed E-state index contributed by atoms with van der Waals surface area (Å²) < 4.78 is 1.63. The highest BCUT2D eigenvalue weighted by atomic mass is 15.4. The SMILES string of the molecule is C=Nc1nc(C(C)C)nn1/C=C\C. The van der Waals surface area contributed by atoms with Crippen molar-refractivity contribution in [3.8, 4) is 0 Å². The average molecular weight is 178 g/mol. The predicted octanol–water partition coefficient (Wildman–Crippen LogP) is 2.22. The third-order valence-electron chi connectivity index (χ3n) is 1.58. The Kier molecular flexibility index (Phi) is 2.95. The van der Waals surface area contributed by atoms with Gasteiger partial charge >= 0.3 is 0 Å². The monoisotopic (exact) mass is 178 g/mol. The topological polar surface area (TPSA) is 43.1 Å². The van der Waals surface area contributed by atoms with Crippen LogP contribution in [0.1, 0.15) is 32.5 Å². The van der Waals surface area contributed by atoms with Gasteiger partial charge in [-0.3, -0.25) is 0 Å². The van der Waals surface area contributed by atoms with Gasteiger partial charge in [0.25, 0.3) is 5.95 Å². The quantitative estimate of drug-likeness (QED) is 0.666. The fourth-order valence-corrected chi connectivity index (χ4v) is 0.925. The maximum Gasteiger partial charge on any atom is 0.251 e. The molecule has 4 heteroatoms. The van der Waals surface area contributed by atoms with Crippen molar-refractivity contribution in [1.29, 1.82) is 0 Å². The predicted molar refractivity (Wildman–Crippen MR) is 54.3 cm³/mol. The summed E-state index contributed by atoms with van der Waals surface area (Å²) in [5.74, 6) is 1.65. The van der Waals surface area contributed by atoms with Gasteiger partial charge in [-0.2, -0.15) is 4.98 Å². The average Bonchev–Trinajstić information content (AvgIpc) is 2.48. The summed E-state index contributed by atoms with van der Waals surface area (Å²) in [4.78, 5) is 8.00. The fraction of sp³-hybridized carbons (Fsp3) is 0.444. The number of hydrogen-bond donors (Lipinski definition) is 0. The lowest BCUT2D eigenvalue weighted by atomic mass is 10.2. The van der Waals surface area contributed by atoms with Crippen LogP contribution in [0.4, 0.5) is 5.95 Å². The molecule has 70 valence electrons. The zero-order valence-corrected chi connectivity index (χ0v) is 8.23. The molecule has 0 radical (unpaired) electrons. The van der Waals surface area contributed by atoms with Gasteiger partial charge in [0, 0.05) is 12.1 Å². The number of nitrogens with zero attached hydrogens (tertiary/aromatic N) is 4. The first-order chi connectivity index (χ1) is 6.19. The normalized spacial score (nSPS) is 11.4. The van der Waals surface area contributed by atoms with E-state index >= 15 is 0 Å². The van der Waals surface area contributed by atoms with E-state index in [9.17, 15) is 0 Å². The summed E-state index contributed by atoms with van der Waals surface area (Å²) in [5.41, 5.74) is 0. The Morgan fingerprint density at radius 2 is 2.23 bits per heavy atom. The molecule has 4 nitrogen and oxygen atoms in total. The zero-order chi connectivity index (χ0) is 9.84. The molecule has 0 aliphatic carbocycles. The molecular weight excluding hydrogens is 164 g/mol. The lowest BCUT2D eigenvalue weighted by Crippen LogP contribution is -1.92. The summed E-state index contributed by atoms with van der Waals surface area (Å²) in [7, 11) is 0. The molecule has 0 amide bonds. The van der Waals surface area contributed by atoms with Crippen LogP contribution >= 0.6 is 0 Å². The summed E-state index contributed by atoms with van der Waals surface area (Å²) in [6.45, 7) is 9.45. The molecule has 0 unspecified atom stereocenters. The molecule has 0 N–H and O–H groups in total. The molecule has 1 aromatic rings. The van der Waals surface area contributed by atoms with Gasteiger partial charge in [-0.25, -0.2) is 9.67 Å². The molecule has 0 aromatic carbocycles. The first kappa shape index (κ1) is 9.64. The number of allylic oxidation sites excluding steroid dienone is 1. The molecule has 0 bridgehead atoms. The van der Waals surface area contributed by atoms with E-state index in [1.54, 1.807) is 4.68 Å². The molecule has 1 rings (SSSR count). The van der Waals surface area contributed by atoms with Crippen molar-refractivity contribution in [2.75, 3.05) is 0 Å². The van der Waals surface area contributed by atoms with Crippen molar-refractivity contribution in [2.24, 2.45) is 4.99 Å². The Bertz CT molecular complexity index is 322. The first-order valence-corrected chi connectivity index (χ1v) is 4.25. The van der Waals surface area contributed by atoms with E-state index in [4.69, 9.17) is 0 Å². The van der Waals surface area contributed by atoms with Crippen molar-refractivity contribution in [3.05, 3.63) is 11.9 Å². The lowest BCUT2D eigenvalue weighted by Gasteiger charge is -1.93. The van der Waals surface area contributed by atoms with Gasteiger partial charge in [-0.1, -0.05) is 19.9 Å². The molecular formula is C9H14N4. The van der Waals surface area contributed by atoms with Gasteiger partial charge in [0.1, 0.15) is 0 Å². The Morgan fingerprint density at radius 1 is 1.54 bits per heavy atom. The van der Waals surface area contributed by atoms with Crippen molar-refractivity contribution in [2.45, 2.75) is 26.7 Å². The molecule has 0 aliphatic heterocycles. The Morgan fingerprint density at radius 3 is 2.69 bits per heavy atom. The van der Waals surface area contributed by atoms with Crippen molar-refractivity contribution in [3.63, 3.8) is 0 Å². The van der Waals surface area contributed by atoms with E-state index in [-0.39, 0.29) is 0 Å². The third-order valence-corrected chi connectivity index (χ3v) is 1.58. The molecule has 0 saturated heterocycles. The van der Waals surface area contributed by atoms with Crippen molar-refractivity contribution < 1.29 is 0 Å². The highest BCUT2D eigenvalue weighted by Gasteiger charge is 2.08. The molecule has 0 saturated carbocycles. The van der Waals surface area contributed by atoms with Crippen LogP contribution in [-0.2, 0) is 0 Å². The standard InChI is InChI=1S/C9H14N4/c1-5-6-13-9(10-4)11-8(12-13)7(2)3/h5-7H,4H2,1-3H3/b6-5-. The molecule has 0 fully saturated rings.